The molecule has 1 aromatic carbocycles. The minimum atomic E-state index is 0.893. The molecule has 0 spiro atoms. The summed E-state index contributed by atoms with van der Waals surface area (Å²) in [5.41, 5.74) is 4.46. The van der Waals surface area contributed by atoms with Crippen LogP contribution < -0.4 is 10.2 Å². The molecule has 0 radical (unpaired) electrons. The van der Waals surface area contributed by atoms with E-state index in [-0.39, 0.29) is 0 Å². The average molecular weight is 258 g/mol. The number of piperidine rings is 1. The van der Waals surface area contributed by atoms with Crippen molar-refractivity contribution >= 4 is 5.69 Å². The lowest BCUT2D eigenvalue weighted by Crippen LogP contribution is -2.35. The van der Waals surface area contributed by atoms with Gasteiger partial charge in [0.15, 0.2) is 0 Å². The SMILES string of the molecule is Cc1ccc2c(c1)CCCN2CCC1CCCNC1. The Balaban J connectivity index is 1.63. The topological polar surface area (TPSA) is 15.3 Å². The third kappa shape index (κ3) is 3.11. The fourth-order valence-electron chi connectivity index (χ4n) is 3.54. The van der Waals surface area contributed by atoms with Crippen LogP contribution in [0, 0.1) is 12.8 Å². The summed E-state index contributed by atoms with van der Waals surface area (Å²) in [6.07, 6.45) is 6.71. The van der Waals surface area contributed by atoms with E-state index < -0.39 is 0 Å². The average Bonchev–Trinajstić information content (AvgIpc) is 2.45. The molecule has 2 aliphatic heterocycles. The van der Waals surface area contributed by atoms with Gasteiger partial charge in [-0.25, -0.2) is 0 Å². The van der Waals surface area contributed by atoms with Crippen molar-refractivity contribution in [3.05, 3.63) is 29.3 Å². The molecule has 1 atom stereocenters. The second kappa shape index (κ2) is 5.96. The van der Waals surface area contributed by atoms with Crippen LogP contribution in [0.3, 0.4) is 0 Å². The Bertz CT molecular complexity index is 421. The van der Waals surface area contributed by atoms with Crippen LogP contribution in [0.15, 0.2) is 18.2 Å². The summed E-state index contributed by atoms with van der Waals surface area (Å²) in [6, 6.07) is 6.98. The number of rotatable bonds is 3. The van der Waals surface area contributed by atoms with E-state index in [2.05, 4.69) is 35.3 Å². The summed E-state index contributed by atoms with van der Waals surface area (Å²) < 4.78 is 0. The lowest BCUT2D eigenvalue weighted by atomic mass is 9.94. The van der Waals surface area contributed by atoms with Crippen LogP contribution in [0.2, 0.25) is 0 Å². The van der Waals surface area contributed by atoms with E-state index in [9.17, 15) is 0 Å². The highest BCUT2D eigenvalue weighted by Crippen LogP contribution is 2.28. The van der Waals surface area contributed by atoms with Gasteiger partial charge in [-0.15, -0.1) is 0 Å². The molecule has 1 fully saturated rings. The van der Waals surface area contributed by atoms with Crippen LogP contribution in [-0.2, 0) is 6.42 Å². The number of nitrogens with one attached hydrogen (secondary N) is 1. The molecule has 2 heteroatoms. The summed E-state index contributed by atoms with van der Waals surface area (Å²) in [7, 11) is 0. The summed E-state index contributed by atoms with van der Waals surface area (Å²) in [5.74, 6) is 0.893. The third-order valence-corrected chi connectivity index (χ3v) is 4.66. The van der Waals surface area contributed by atoms with Gasteiger partial charge in [-0.05, 0) is 69.7 Å². The maximum absolute atomic E-state index is 3.53. The number of hydrogen-bond acceptors (Lipinski definition) is 2. The van der Waals surface area contributed by atoms with E-state index >= 15 is 0 Å². The van der Waals surface area contributed by atoms with E-state index in [0.717, 1.165) is 5.92 Å². The second-order valence-electron chi connectivity index (χ2n) is 6.22. The molecular formula is C17H26N2. The molecule has 1 N–H and O–H groups in total. The summed E-state index contributed by atoms with van der Waals surface area (Å²) in [4.78, 5) is 2.62. The normalized spacial score (nSPS) is 23.2. The summed E-state index contributed by atoms with van der Waals surface area (Å²) >= 11 is 0. The Morgan fingerprint density at radius 1 is 1.32 bits per heavy atom. The van der Waals surface area contributed by atoms with E-state index in [1.807, 2.05) is 0 Å². The van der Waals surface area contributed by atoms with Crippen LogP contribution in [0.4, 0.5) is 5.69 Å². The summed E-state index contributed by atoms with van der Waals surface area (Å²) in [5, 5.41) is 3.53. The Morgan fingerprint density at radius 3 is 3.11 bits per heavy atom. The van der Waals surface area contributed by atoms with Gasteiger partial charge in [0, 0.05) is 18.8 Å². The number of hydrogen-bond donors (Lipinski definition) is 1. The number of fused-ring (bicyclic) bond motifs is 1. The molecule has 0 aliphatic carbocycles. The predicted molar refractivity (Wildman–Crippen MR) is 81.9 cm³/mol. The highest BCUT2D eigenvalue weighted by atomic mass is 15.1. The maximum atomic E-state index is 3.53. The molecule has 1 aromatic rings. The maximum Gasteiger partial charge on any atom is 0.0398 e. The molecule has 0 bridgehead atoms. The Hall–Kier alpha value is -1.02. The minimum Gasteiger partial charge on any atom is -0.371 e. The van der Waals surface area contributed by atoms with E-state index in [0.29, 0.717) is 0 Å². The van der Waals surface area contributed by atoms with Crippen molar-refractivity contribution in [2.45, 2.75) is 39.0 Å². The molecule has 3 rings (SSSR count). The van der Waals surface area contributed by atoms with Crippen LogP contribution in [0.1, 0.15) is 36.8 Å². The van der Waals surface area contributed by atoms with Gasteiger partial charge >= 0.3 is 0 Å². The zero-order valence-electron chi connectivity index (χ0n) is 12.1. The minimum absolute atomic E-state index is 0.893. The van der Waals surface area contributed by atoms with Gasteiger partial charge in [0.05, 0.1) is 0 Å². The van der Waals surface area contributed by atoms with Gasteiger partial charge in [-0.1, -0.05) is 17.7 Å². The van der Waals surface area contributed by atoms with Gasteiger partial charge in [0.2, 0.25) is 0 Å². The first-order valence-electron chi connectivity index (χ1n) is 7.88. The molecular weight excluding hydrogens is 232 g/mol. The molecule has 19 heavy (non-hydrogen) atoms. The van der Waals surface area contributed by atoms with E-state index in [1.54, 1.807) is 5.56 Å². The fourth-order valence-corrected chi connectivity index (χ4v) is 3.54. The first-order chi connectivity index (χ1) is 9.33. The molecule has 0 aromatic heterocycles. The third-order valence-electron chi connectivity index (χ3n) is 4.66. The van der Waals surface area contributed by atoms with Crippen molar-refractivity contribution in [1.82, 2.24) is 5.32 Å². The van der Waals surface area contributed by atoms with Crippen LogP contribution in [0.5, 0.6) is 0 Å². The van der Waals surface area contributed by atoms with Gasteiger partial charge < -0.3 is 10.2 Å². The van der Waals surface area contributed by atoms with E-state index in [1.165, 1.54) is 69.5 Å². The van der Waals surface area contributed by atoms with Gasteiger partial charge in [0.1, 0.15) is 0 Å². The predicted octanol–water partition coefficient (Wildman–Crippen LogP) is 3.14. The first kappa shape index (κ1) is 13.0. The highest BCUT2D eigenvalue weighted by molar-refractivity contribution is 5.56. The Labute approximate surface area is 117 Å². The van der Waals surface area contributed by atoms with Crippen molar-refractivity contribution in [2.24, 2.45) is 5.92 Å². The lowest BCUT2D eigenvalue weighted by molar-refractivity contribution is 0.358. The van der Waals surface area contributed by atoms with E-state index in [4.69, 9.17) is 0 Å². The molecule has 1 saturated heterocycles. The molecule has 2 heterocycles. The second-order valence-corrected chi connectivity index (χ2v) is 6.22. The molecule has 2 aliphatic rings. The zero-order chi connectivity index (χ0) is 13.1. The first-order valence-corrected chi connectivity index (χ1v) is 7.88. The highest BCUT2D eigenvalue weighted by Gasteiger charge is 2.19. The van der Waals surface area contributed by atoms with Gasteiger partial charge in [-0.2, -0.15) is 0 Å². The van der Waals surface area contributed by atoms with Gasteiger partial charge in [-0.3, -0.25) is 0 Å². The van der Waals surface area contributed by atoms with Crippen LogP contribution >= 0.6 is 0 Å². The zero-order valence-corrected chi connectivity index (χ0v) is 12.1. The standard InChI is InChI=1S/C17H26N2/c1-14-6-7-17-16(12-14)5-3-10-19(17)11-8-15-4-2-9-18-13-15/h6-7,12,15,18H,2-5,8-11,13H2,1H3. The van der Waals surface area contributed by atoms with Crippen LogP contribution in [0.25, 0.3) is 0 Å². The quantitative estimate of drug-likeness (QED) is 0.896. The monoisotopic (exact) mass is 258 g/mol. The molecule has 2 nitrogen and oxygen atoms in total. The Morgan fingerprint density at radius 2 is 2.26 bits per heavy atom. The summed E-state index contributed by atoms with van der Waals surface area (Å²) in [6.45, 7) is 7.14. The van der Waals surface area contributed by atoms with Crippen molar-refractivity contribution < 1.29 is 0 Å². The molecule has 1 unspecified atom stereocenters. The Kier molecular flexibility index (Phi) is 4.07. The smallest absolute Gasteiger partial charge is 0.0398 e. The fraction of sp³-hybridized carbons (Fsp3) is 0.647. The van der Waals surface area contributed by atoms with Crippen molar-refractivity contribution in [3.8, 4) is 0 Å². The molecule has 0 amide bonds. The molecule has 104 valence electrons. The number of nitrogens with zero attached hydrogens (tertiary/aromatic N) is 1. The van der Waals surface area contributed by atoms with Crippen LogP contribution in [-0.4, -0.2) is 26.2 Å². The van der Waals surface area contributed by atoms with Crippen molar-refractivity contribution in [3.63, 3.8) is 0 Å². The largest absolute Gasteiger partial charge is 0.371 e. The van der Waals surface area contributed by atoms with Gasteiger partial charge in [0.25, 0.3) is 0 Å². The van der Waals surface area contributed by atoms with Crippen molar-refractivity contribution in [1.29, 1.82) is 0 Å². The lowest BCUT2D eigenvalue weighted by Gasteiger charge is -2.33. The number of benzene rings is 1. The molecule has 0 saturated carbocycles. The number of anilines is 1. The van der Waals surface area contributed by atoms with Crippen molar-refractivity contribution in [2.75, 3.05) is 31.1 Å². The number of aryl methyl sites for hydroxylation is 2.